The third-order valence-electron chi connectivity index (χ3n) is 6.24. The molecule has 0 amide bonds. The summed E-state index contributed by atoms with van der Waals surface area (Å²) in [6.45, 7) is 12.1. The van der Waals surface area contributed by atoms with Gasteiger partial charge >= 0.3 is 30.0 Å². The summed E-state index contributed by atoms with van der Waals surface area (Å²) in [5.74, 6) is -2.14. The van der Waals surface area contributed by atoms with Gasteiger partial charge in [-0.25, -0.2) is 4.79 Å². The van der Waals surface area contributed by atoms with Gasteiger partial charge in [0, 0.05) is 34.1 Å². The van der Waals surface area contributed by atoms with E-state index in [2.05, 4.69) is 0 Å². The first-order valence-electron chi connectivity index (χ1n) is 14.1. The smallest absolute Gasteiger partial charge is 0.463 e. The summed E-state index contributed by atoms with van der Waals surface area (Å²) in [6.07, 6.45) is -7.10. The van der Waals surface area contributed by atoms with Crippen molar-refractivity contribution in [2.75, 3.05) is 19.8 Å². The molecule has 1 aliphatic heterocycles. The maximum Gasteiger partial charge on any atom is 0.513 e. The highest BCUT2D eigenvalue weighted by Gasteiger charge is 2.52. The van der Waals surface area contributed by atoms with E-state index in [4.69, 9.17) is 37.9 Å². The van der Waals surface area contributed by atoms with Gasteiger partial charge in [-0.05, 0) is 23.0 Å². The first kappa shape index (κ1) is 35.5. The number of para-hydroxylation sites is 1. The largest absolute Gasteiger partial charge is 0.513 e. The van der Waals surface area contributed by atoms with Gasteiger partial charge in [0.1, 0.15) is 18.5 Å². The molecular formula is C30H42O13. The third kappa shape index (κ3) is 11.1. The molecule has 1 aromatic rings. The van der Waals surface area contributed by atoms with Crippen molar-refractivity contribution in [2.24, 2.45) is 0 Å². The highest BCUT2D eigenvalue weighted by Crippen LogP contribution is 2.35. The van der Waals surface area contributed by atoms with Crippen molar-refractivity contribution < 1.29 is 61.9 Å². The summed E-state index contributed by atoms with van der Waals surface area (Å²) in [5.41, 5.74) is 1.77. The standard InChI is InChI=1S/C30H42O13/c1-16(2)22-11-9-12-23(17(3)4)25(22)43-30(35)37-14-10-13-36-29-28(41-21(8)34)27(40-20(7)33)26(39-19(6)32)24(42-29)15-38-18(5)31/h9,11-12,16-17,24,26-29H,10,13-15H2,1-8H3/t24?,26-,27?,28-,29?/m1/s1. The van der Waals surface area contributed by atoms with Crippen LogP contribution in [0.3, 0.4) is 0 Å². The second kappa shape index (κ2) is 16.8. The van der Waals surface area contributed by atoms with Crippen LogP contribution in [0.5, 0.6) is 5.75 Å². The first-order valence-corrected chi connectivity index (χ1v) is 14.1. The molecule has 1 aliphatic rings. The van der Waals surface area contributed by atoms with E-state index < -0.39 is 60.7 Å². The van der Waals surface area contributed by atoms with Gasteiger partial charge in [0.15, 0.2) is 24.6 Å². The number of rotatable bonds is 13. The molecule has 0 saturated carbocycles. The topological polar surface area (TPSA) is 159 Å². The van der Waals surface area contributed by atoms with Crippen LogP contribution >= 0.6 is 0 Å². The third-order valence-corrected chi connectivity index (χ3v) is 6.24. The normalized spacial score (nSPS) is 21.6. The van der Waals surface area contributed by atoms with Gasteiger partial charge in [0.2, 0.25) is 0 Å². The van der Waals surface area contributed by atoms with E-state index in [9.17, 15) is 24.0 Å². The van der Waals surface area contributed by atoms with Crippen LogP contribution in [0, 0.1) is 0 Å². The second-order valence-corrected chi connectivity index (χ2v) is 10.6. The lowest BCUT2D eigenvalue weighted by Gasteiger charge is -2.44. The number of hydrogen-bond acceptors (Lipinski definition) is 13. The van der Waals surface area contributed by atoms with E-state index in [1.807, 2.05) is 45.9 Å². The van der Waals surface area contributed by atoms with Crippen molar-refractivity contribution in [3.8, 4) is 5.75 Å². The molecule has 43 heavy (non-hydrogen) atoms. The zero-order valence-electron chi connectivity index (χ0n) is 25.9. The minimum absolute atomic E-state index is 0.0547. The van der Waals surface area contributed by atoms with Crippen molar-refractivity contribution in [3.05, 3.63) is 29.3 Å². The Morgan fingerprint density at radius 3 is 1.77 bits per heavy atom. The fourth-order valence-corrected chi connectivity index (χ4v) is 4.45. The van der Waals surface area contributed by atoms with E-state index >= 15 is 0 Å². The lowest BCUT2D eigenvalue weighted by atomic mass is 9.94. The number of benzene rings is 1. The highest BCUT2D eigenvalue weighted by atomic mass is 16.7. The molecule has 1 saturated heterocycles. The Labute approximate surface area is 251 Å². The minimum Gasteiger partial charge on any atom is -0.463 e. The highest BCUT2D eigenvalue weighted by molar-refractivity contribution is 5.69. The van der Waals surface area contributed by atoms with Crippen molar-refractivity contribution in [3.63, 3.8) is 0 Å². The Morgan fingerprint density at radius 2 is 1.26 bits per heavy atom. The summed E-state index contributed by atoms with van der Waals surface area (Å²) in [6, 6.07) is 5.73. The molecule has 2 rings (SSSR count). The van der Waals surface area contributed by atoms with Gasteiger partial charge in [-0.2, -0.15) is 0 Å². The summed E-state index contributed by atoms with van der Waals surface area (Å²) in [5, 5.41) is 0. The average molecular weight is 611 g/mol. The first-order chi connectivity index (χ1) is 20.2. The molecule has 1 aromatic carbocycles. The van der Waals surface area contributed by atoms with Gasteiger partial charge in [-0.1, -0.05) is 45.9 Å². The zero-order valence-corrected chi connectivity index (χ0v) is 25.9. The van der Waals surface area contributed by atoms with Gasteiger partial charge in [0.25, 0.3) is 0 Å². The predicted molar refractivity (Wildman–Crippen MR) is 149 cm³/mol. The minimum atomic E-state index is -1.34. The molecular weight excluding hydrogens is 568 g/mol. The Morgan fingerprint density at radius 1 is 0.721 bits per heavy atom. The molecule has 0 aromatic heterocycles. The van der Waals surface area contributed by atoms with Crippen LogP contribution in [0.2, 0.25) is 0 Å². The van der Waals surface area contributed by atoms with E-state index in [0.29, 0.717) is 5.75 Å². The number of carbonyl (C=O) groups is 5. The van der Waals surface area contributed by atoms with Crippen LogP contribution in [0.25, 0.3) is 0 Å². The van der Waals surface area contributed by atoms with E-state index in [0.717, 1.165) is 31.9 Å². The summed E-state index contributed by atoms with van der Waals surface area (Å²) in [7, 11) is 0. The molecule has 0 N–H and O–H groups in total. The summed E-state index contributed by atoms with van der Waals surface area (Å²) >= 11 is 0. The Balaban J connectivity index is 2.11. The zero-order chi connectivity index (χ0) is 32.3. The number of esters is 4. The van der Waals surface area contributed by atoms with Crippen molar-refractivity contribution >= 4 is 30.0 Å². The summed E-state index contributed by atoms with van der Waals surface area (Å²) in [4.78, 5) is 59.7. The van der Waals surface area contributed by atoms with Crippen LogP contribution in [0.4, 0.5) is 4.79 Å². The molecule has 240 valence electrons. The van der Waals surface area contributed by atoms with Gasteiger partial charge in [-0.3, -0.25) is 19.2 Å². The van der Waals surface area contributed by atoms with Crippen LogP contribution in [0.15, 0.2) is 18.2 Å². The van der Waals surface area contributed by atoms with E-state index in [-0.39, 0.29) is 38.1 Å². The maximum absolute atomic E-state index is 12.5. The van der Waals surface area contributed by atoms with Crippen LogP contribution < -0.4 is 4.74 Å². The van der Waals surface area contributed by atoms with Gasteiger partial charge < -0.3 is 37.9 Å². The van der Waals surface area contributed by atoms with Crippen LogP contribution in [0.1, 0.15) is 84.8 Å². The molecule has 0 bridgehead atoms. The quantitative estimate of drug-likeness (QED) is 0.137. The van der Waals surface area contributed by atoms with E-state index in [1.54, 1.807) is 0 Å². The lowest BCUT2D eigenvalue weighted by Crippen LogP contribution is -2.63. The number of ether oxygens (including phenoxy) is 8. The monoisotopic (exact) mass is 610 g/mol. The van der Waals surface area contributed by atoms with Gasteiger partial charge in [0.05, 0.1) is 13.2 Å². The molecule has 13 heteroatoms. The Hall–Kier alpha value is -3.71. The second-order valence-electron chi connectivity index (χ2n) is 10.6. The molecule has 0 spiro atoms. The SMILES string of the molecule is CC(=O)OCC1OC(OCCCOC(=O)Oc2c(C(C)C)cccc2C(C)C)[C@H](OC(C)=O)C(OC(C)=O)[C@@H]1OC(C)=O. The maximum atomic E-state index is 12.5. The predicted octanol–water partition coefficient (Wildman–Crippen LogP) is 3.94. The molecule has 13 nitrogen and oxygen atoms in total. The van der Waals surface area contributed by atoms with Crippen molar-refractivity contribution in [1.82, 2.24) is 0 Å². The average Bonchev–Trinajstić information content (AvgIpc) is 2.89. The molecule has 0 radical (unpaired) electrons. The van der Waals surface area contributed by atoms with Crippen molar-refractivity contribution in [2.45, 2.75) is 104 Å². The van der Waals surface area contributed by atoms with Crippen molar-refractivity contribution in [1.29, 1.82) is 0 Å². The molecule has 0 aliphatic carbocycles. The number of hydrogen-bond donors (Lipinski definition) is 0. The van der Waals surface area contributed by atoms with Crippen LogP contribution in [-0.2, 0) is 52.3 Å². The van der Waals surface area contributed by atoms with E-state index in [1.165, 1.54) is 6.92 Å². The fraction of sp³-hybridized carbons (Fsp3) is 0.633. The Bertz CT molecular complexity index is 1100. The fourth-order valence-electron chi connectivity index (χ4n) is 4.45. The van der Waals surface area contributed by atoms with Crippen LogP contribution in [-0.4, -0.2) is 80.6 Å². The molecule has 1 heterocycles. The molecule has 5 atom stereocenters. The Kier molecular flexibility index (Phi) is 13.9. The lowest BCUT2D eigenvalue weighted by molar-refractivity contribution is -0.308. The number of carbonyl (C=O) groups excluding carboxylic acids is 5. The molecule has 1 fully saturated rings. The van der Waals surface area contributed by atoms with Gasteiger partial charge in [-0.15, -0.1) is 0 Å². The molecule has 3 unspecified atom stereocenters. The summed E-state index contributed by atoms with van der Waals surface area (Å²) < 4.78 is 43.6.